The standard InChI is InChI=1S/C14H23N3O3S/c1-16-21(19,20)11-6-7-12(15)14(8-11)17-13-5-3-2-4-10(13)9-18/h6-8,10,13,16-18H,2-5,9,15H2,1H3. The molecule has 5 N–H and O–H groups in total. The molecule has 1 saturated carbocycles. The number of anilines is 2. The highest BCUT2D eigenvalue weighted by atomic mass is 32.2. The predicted molar refractivity (Wildman–Crippen MR) is 83.6 cm³/mol. The van der Waals surface area contributed by atoms with Crippen LogP contribution in [-0.2, 0) is 10.0 Å². The van der Waals surface area contributed by atoms with Crippen LogP contribution < -0.4 is 15.8 Å². The summed E-state index contributed by atoms with van der Waals surface area (Å²) in [4.78, 5) is 0.179. The number of hydrogen-bond donors (Lipinski definition) is 4. The number of sulfonamides is 1. The first-order valence-electron chi connectivity index (χ1n) is 7.18. The number of aliphatic hydroxyl groups excluding tert-OH is 1. The maximum atomic E-state index is 11.9. The van der Waals surface area contributed by atoms with E-state index in [-0.39, 0.29) is 23.5 Å². The van der Waals surface area contributed by atoms with Crippen LogP contribution in [0.1, 0.15) is 25.7 Å². The molecule has 0 spiro atoms. The summed E-state index contributed by atoms with van der Waals surface area (Å²) >= 11 is 0. The smallest absolute Gasteiger partial charge is 0.240 e. The Bertz CT molecular complexity index is 589. The van der Waals surface area contributed by atoms with Crippen molar-refractivity contribution in [1.82, 2.24) is 4.72 Å². The molecule has 1 aromatic carbocycles. The minimum Gasteiger partial charge on any atom is -0.397 e. The van der Waals surface area contributed by atoms with Crippen molar-refractivity contribution < 1.29 is 13.5 Å². The van der Waals surface area contributed by atoms with Gasteiger partial charge in [-0.1, -0.05) is 12.8 Å². The highest BCUT2D eigenvalue weighted by Gasteiger charge is 2.25. The fourth-order valence-electron chi connectivity index (χ4n) is 2.76. The summed E-state index contributed by atoms with van der Waals surface area (Å²) in [6, 6.07) is 4.74. The molecule has 0 bridgehead atoms. The van der Waals surface area contributed by atoms with Crippen molar-refractivity contribution in [3.8, 4) is 0 Å². The second-order valence-electron chi connectivity index (χ2n) is 5.43. The average Bonchev–Trinajstić information content (AvgIpc) is 2.49. The lowest BCUT2D eigenvalue weighted by Gasteiger charge is -2.32. The van der Waals surface area contributed by atoms with E-state index < -0.39 is 10.0 Å². The molecule has 0 aliphatic heterocycles. The molecule has 0 aromatic heterocycles. The summed E-state index contributed by atoms with van der Waals surface area (Å²) in [5.41, 5.74) is 7.05. The van der Waals surface area contributed by atoms with E-state index in [4.69, 9.17) is 5.73 Å². The molecule has 2 unspecified atom stereocenters. The molecule has 7 heteroatoms. The molecule has 0 saturated heterocycles. The van der Waals surface area contributed by atoms with Gasteiger partial charge in [-0.25, -0.2) is 13.1 Å². The minimum atomic E-state index is -3.49. The molecular weight excluding hydrogens is 290 g/mol. The summed E-state index contributed by atoms with van der Waals surface area (Å²) in [6.45, 7) is 0.131. The van der Waals surface area contributed by atoms with Crippen LogP contribution in [0.2, 0.25) is 0 Å². The number of hydrogen-bond acceptors (Lipinski definition) is 5. The summed E-state index contributed by atoms with van der Waals surface area (Å²) in [6.07, 6.45) is 4.14. The number of benzene rings is 1. The van der Waals surface area contributed by atoms with Crippen LogP contribution >= 0.6 is 0 Å². The third-order valence-electron chi connectivity index (χ3n) is 4.09. The maximum absolute atomic E-state index is 11.9. The van der Waals surface area contributed by atoms with Gasteiger partial charge in [-0.05, 0) is 38.1 Å². The van der Waals surface area contributed by atoms with Gasteiger partial charge in [0.2, 0.25) is 10.0 Å². The molecule has 1 fully saturated rings. The molecule has 6 nitrogen and oxygen atoms in total. The Labute approximate surface area is 125 Å². The molecule has 0 amide bonds. The van der Waals surface area contributed by atoms with E-state index >= 15 is 0 Å². The molecule has 0 heterocycles. The van der Waals surface area contributed by atoms with Crippen LogP contribution in [0, 0.1) is 5.92 Å². The fourth-order valence-corrected chi connectivity index (χ4v) is 3.52. The topological polar surface area (TPSA) is 104 Å². The van der Waals surface area contributed by atoms with Crippen molar-refractivity contribution >= 4 is 21.4 Å². The number of rotatable bonds is 5. The molecule has 118 valence electrons. The van der Waals surface area contributed by atoms with E-state index in [0.29, 0.717) is 11.4 Å². The summed E-state index contributed by atoms with van der Waals surface area (Å²) in [7, 11) is -2.12. The molecule has 21 heavy (non-hydrogen) atoms. The van der Waals surface area contributed by atoms with Crippen molar-refractivity contribution in [3.05, 3.63) is 18.2 Å². The van der Waals surface area contributed by atoms with Gasteiger partial charge in [0.05, 0.1) is 16.3 Å². The van der Waals surface area contributed by atoms with E-state index in [0.717, 1.165) is 25.7 Å². The first-order chi connectivity index (χ1) is 9.97. The van der Waals surface area contributed by atoms with Crippen molar-refractivity contribution in [2.75, 3.05) is 24.7 Å². The zero-order valence-corrected chi connectivity index (χ0v) is 13.0. The monoisotopic (exact) mass is 313 g/mol. The molecule has 1 aliphatic carbocycles. The molecule has 1 aliphatic rings. The molecule has 2 rings (SSSR count). The van der Waals surface area contributed by atoms with Crippen LogP contribution in [0.3, 0.4) is 0 Å². The zero-order valence-electron chi connectivity index (χ0n) is 12.2. The van der Waals surface area contributed by atoms with E-state index in [1.54, 1.807) is 12.1 Å². The Morgan fingerprint density at radius 2 is 2.05 bits per heavy atom. The summed E-state index contributed by atoms with van der Waals surface area (Å²) in [5.74, 6) is 0.183. The predicted octanol–water partition coefficient (Wildman–Crippen LogP) is 1.14. The average molecular weight is 313 g/mol. The van der Waals surface area contributed by atoms with Crippen LogP contribution in [0.5, 0.6) is 0 Å². The van der Waals surface area contributed by atoms with E-state index in [2.05, 4.69) is 10.0 Å². The Hall–Kier alpha value is -1.31. The zero-order chi connectivity index (χ0) is 15.5. The highest BCUT2D eigenvalue weighted by molar-refractivity contribution is 7.89. The van der Waals surface area contributed by atoms with Crippen molar-refractivity contribution in [2.24, 2.45) is 5.92 Å². The Morgan fingerprint density at radius 1 is 1.33 bits per heavy atom. The lowest BCUT2D eigenvalue weighted by Crippen LogP contribution is -2.34. The van der Waals surface area contributed by atoms with E-state index in [1.807, 2.05) is 0 Å². The Kier molecular flexibility index (Phi) is 5.08. The summed E-state index contributed by atoms with van der Waals surface area (Å²) in [5, 5.41) is 12.8. The largest absolute Gasteiger partial charge is 0.397 e. The van der Waals surface area contributed by atoms with E-state index in [1.165, 1.54) is 13.1 Å². The third-order valence-corrected chi connectivity index (χ3v) is 5.50. The first-order valence-corrected chi connectivity index (χ1v) is 8.66. The van der Waals surface area contributed by atoms with Crippen LogP contribution in [0.4, 0.5) is 11.4 Å². The molecule has 1 aromatic rings. The quantitative estimate of drug-likeness (QED) is 0.610. The maximum Gasteiger partial charge on any atom is 0.240 e. The van der Waals surface area contributed by atoms with Crippen LogP contribution in [-0.4, -0.2) is 33.2 Å². The van der Waals surface area contributed by atoms with Gasteiger partial charge in [-0.15, -0.1) is 0 Å². The Balaban J connectivity index is 2.25. The van der Waals surface area contributed by atoms with E-state index in [9.17, 15) is 13.5 Å². The second-order valence-corrected chi connectivity index (χ2v) is 7.32. The number of nitrogens with two attached hydrogens (primary N) is 1. The lowest BCUT2D eigenvalue weighted by molar-refractivity contribution is 0.178. The van der Waals surface area contributed by atoms with Gasteiger partial charge in [-0.2, -0.15) is 0 Å². The fraction of sp³-hybridized carbons (Fsp3) is 0.571. The lowest BCUT2D eigenvalue weighted by atomic mass is 9.85. The third kappa shape index (κ3) is 3.66. The highest BCUT2D eigenvalue weighted by Crippen LogP contribution is 2.30. The van der Waals surface area contributed by atoms with Crippen LogP contribution in [0.15, 0.2) is 23.1 Å². The van der Waals surface area contributed by atoms with Gasteiger partial charge in [0, 0.05) is 18.6 Å². The van der Waals surface area contributed by atoms with Gasteiger partial charge in [-0.3, -0.25) is 0 Å². The van der Waals surface area contributed by atoms with Gasteiger partial charge in [0.1, 0.15) is 0 Å². The van der Waals surface area contributed by atoms with Gasteiger partial charge in [0.15, 0.2) is 0 Å². The van der Waals surface area contributed by atoms with Crippen molar-refractivity contribution in [1.29, 1.82) is 0 Å². The molecule has 2 atom stereocenters. The minimum absolute atomic E-state index is 0.124. The van der Waals surface area contributed by atoms with Gasteiger partial charge < -0.3 is 16.2 Å². The molecule has 0 radical (unpaired) electrons. The normalized spacial score (nSPS) is 23.0. The number of nitrogens with one attached hydrogen (secondary N) is 2. The van der Waals surface area contributed by atoms with Gasteiger partial charge in [0.25, 0.3) is 0 Å². The first kappa shape index (κ1) is 16.1. The SMILES string of the molecule is CNS(=O)(=O)c1ccc(N)c(NC2CCCCC2CO)c1. The van der Waals surface area contributed by atoms with Crippen LogP contribution in [0.25, 0.3) is 0 Å². The number of aliphatic hydroxyl groups is 1. The molecular formula is C14H23N3O3S. The van der Waals surface area contributed by atoms with Gasteiger partial charge >= 0.3 is 0 Å². The number of nitrogen functional groups attached to an aromatic ring is 1. The van der Waals surface area contributed by atoms with Crippen molar-refractivity contribution in [2.45, 2.75) is 36.6 Å². The Morgan fingerprint density at radius 3 is 2.71 bits per heavy atom. The summed E-state index contributed by atoms with van der Waals surface area (Å²) < 4.78 is 26.0. The van der Waals surface area contributed by atoms with Crippen molar-refractivity contribution in [3.63, 3.8) is 0 Å². The second kappa shape index (κ2) is 6.64.